The minimum atomic E-state index is -2.56. The second kappa shape index (κ2) is 3.42. The average molecular weight is 218 g/mol. The van der Waals surface area contributed by atoms with Gasteiger partial charge in [0.05, 0.1) is 5.92 Å². The van der Waals surface area contributed by atoms with Crippen LogP contribution in [0.1, 0.15) is 44.9 Å². The first-order chi connectivity index (χ1) is 6.95. The van der Waals surface area contributed by atoms with Crippen molar-refractivity contribution in [1.29, 1.82) is 0 Å². The fraction of sp³-hybridized carbons (Fsp3) is 0.909. The van der Waals surface area contributed by atoms with Crippen molar-refractivity contribution in [2.24, 2.45) is 11.3 Å². The lowest BCUT2D eigenvalue weighted by Crippen LogP contribution is -2.38. The van der Waals surface area contributed by atoms with Crippen molar-refractivity contribution in [3.63, 3.8) is 0 Å². The van der Waals surface area contributed by atoms with Crippen molar-refractivity contribution in [1.82, 2.24) is 0 Å². The Morgan fingerprint density at radius 1 is 1.13 bits per heavy atom. The highest BCUT2D eigenvalue weighted by atomic mass is 19.3. The topological polar surface area (TPSA) is 37.3 Å². The van der Waals surface area contributed by atoms with Crippen LogP contribution in [0.3, 0.4) is 0 Å². The Morgan fingerprint density at radius 3 is 2.27 bits per heavy atom. The number of hydrogen-bond donors (Lipinski definition) is 1. The van der Waals surface area contributed by atoms with Gasteiger partial charge in [-0.25, -0.2) is 8.78 Å². The number of carbonyl (C=O) groups is 1. The van der Waals surface area contributed by atoms with E-state index in [4.69, 9.17) is 5.11 Å². The molecule has 0 aromatic rings. The molecule has 0 amide bonds. The Balaban J connectivity index is 2.11. The molecule has 15 heavy (non-hydrogen) atoms. The van der Waals surface area contributed by atoms with Gasteiger partial charge in [-0.15, -0.1) is 0 Å². The second-order valence-electron chi connectivity index (χ2n) is 5.00. The van der Waals surface area contributed by atoms with E-state index in [2.05, 4.69) is 0 Å². The molecular weight excluding hydrogens is 202 g/mol. The predicted molar refractivity (Wildman–Crippen MR) is 50.8 cm³/mol. The molecule has 86 valence electrons. The van der Waals surface area contributed by atoms with Gasteiger partial charge in [-0.2, -0.15) is 0 Å². The van der Waals surface area contributed by atoms with E-state index in [1.807, 2.05) is 0 Å². The van der Waals surface area contributed by atoms with Gasteiger partial charge in [0, 0.05) is 12.8 Å². The van der Waals surface area contributed by atoms with Crippen molar-refractivity contribution in [3.05, 3.63) is 0 Å². The van der Waals surface area contributed by atoms with Crippen LogP contribution >= 0.6 is 0 Å². The highest BCUT2D eigenvalue weighted by Gasteiger charge is 2.51. The van der Waals surface area contributed by atoms with Gasteiger partial charge in [0.1, 0.15) is 0 Å². The van der Waals surface area contributed by atoms with Gasteiger partial charge in [0.15, 0.2) is 0 Å². The number of alkyl halides is 2. The van der Waals surface area contributed by atoms with Gasteiger partial charge in [-0.1, -0.05) is 6.42 Å². The van der Waals surface area contributed by atoms with E-state index in [0.717, 1.165) is 12.8 Å². The Labute approximate surface area is 87.7 Å². The van der Waals surface area contributed by atoms with Crippen molar-refractivity contribution < 1.29 is 18.7 Å². The third-order valence-corrected chi connectivity index (χ3v) is 4.18. The highest BCUT2D eigenvalue weighted by Crippen LogP contribution is 2.55. The summed E-state index contributed by atoms with van der Waals surface area (Å²) < 4.78 is 26.0. The maximum absolute atomic E-state index is 13.0. The molecule has 0 radical (unpaired) electrons. The van der Waals surface area contributed by atoms with Gasteiger partial charge in [0.25, 0.3) is 0 Å². The molecule has 2 nitrogen and oxygen atoms in total. The van der Waals surface area contributed by atoms with Crippen LogP contribution < -0.4 is 0 Å². The zero-order valence-corrected chi connectivity index (χ0v) is 8.64. The lowest BCUT2D eigenvalue weighted by atomic mass is 9.66. The van der Waals surface area contributed by atoms with Crippen molar-refractivity contribution >= 4 is 5.97 Å². The van der Waals surface area contributed by atoms with E-state index in [9.17, 15) is 13.6 Å². The molecule has 1 spiro atoms. The molecule has 0 saturated heterocycles. The zero-order valence-electron chi connectivity index (χ0n) is 8.64. The van der Waals surface area contributed by atoms with Crippen LogP contribution in [-0.2, 0) is 4.79 Å². The Kier molecular flexibility index (Phi) is 2.47. The maximum Gasteiger partial charge on any atom is 0.307 e. The van der Waals surface area contributed by atoms with Gasteiger partial charge in [-0.05, 0) is 31.1 Å². The first-order valence-corrected chi connectivity index (χ1v) is 5.56. The smallest absolute Gasteiger partial charge is 0.307 e. The molecular formula is C11H16F2O2. The third kappa shape index (κ3) is 1.86. The summed E-state index contributed by atoms with van der Waals surface area (Å²) in [6.07, 6.45) is 2.88. The first-order valence-electron chi connectivity index (χ1n) is 5.56. The number of aliphatic carboxylic acids is 1. The standard InChI is InChI=1S/C11H16F2O2/c12-11(13)6-4-10(5-7-11)3-1-2-8(10)9(14)15/h8H,1-7H2,(H,14,15). The van der Waals surface area contributed by atoms with E-state index in [1.165, 1.54) is 0 Å². The summed E-state index contributed by atoms with van der Waals surface area (Å²) in [5.74, 6) is -3.73. The van der Waals surface area contributed by atoms with Crippen molar-refractivity contribution in [3.8, 4) is 0 Å². The zero-order chi connectivity index (χ0) is 11.1. The summed E-state index contributed by atoms with van der Waals surface area (Å²) in [4.78, 5) is 11.0. The number of carboxylic acid groups (broad SMARTS) is 1. The molecule has 2 saturated carbocycles. The fourth-order valence-electron chi connectivity index (χ4n) is 3.24. The Morgan fingerprint density at radius 2 is 1.73 bits per heavy atom. The third-order valence-electron chi connectivity index (χ3n) is 4.18. The summed E-state index contributed by atoms with van der Waals surface area (Å²) in [5.41, 5.74) is -0.312. The second-order valence-corrected chi connectivity index (χ2v) is 5.00. The quantitative estimate of drug-likeness (QED) is 0.734. The van der Waals surface area contributed by atoms with Gasteiger partial charge >= 0.3 is 5.97 Å². The SMILES string of the molecule is O=C(O)C1CCCC12CCC(F)(F)CC2. The molecule has 4 heteroatoms. The van der Waals surface area contributed by atoms with Crippen LogP contribution in [0.4, 0.5) is 8.78 Å². The van der Waals surface area contributed by atoms with E-state index in [-0.39, 0.29) is 24.2 Å². The molecule has 2 aliphatic carbocycles. The predicted octanol–water partition coefficient (Wildman–Crippen LogP) is 3.07. The molecule has 2 fully saturated rings. The molecule has 2 rings (SSSR count). The maximum atomic E-state index is 13.0. The molecule has 1 unspecified atom stereocenters. The Bertz CT molecular complexity index is 266. The molecule has 0 aromatic carbocycles. The van der Waals surface area contributed by atoms with E-state index >= 15 is 0 Å². The van der Waals surface area contributed by atoms with Crippen LogP contribution in [0.25, 0.3) is 0 Å². The van der Waals surface area contributed by atoms with E-state index in [0.29, 0.717) is 19.3 Å². The number of rotatable bonds is 1. The minimum absolute atomic E-state index is 0.128. The monoisotopic (exact) mass is 218 g/mol. The summed E-state index contributed by atoms with van der Waals surface area (Å²) >= 11 is 0. The summed E-state index contributed by atoms with van der Waals surface area (Å²) in [6.45, 7) is 0. The number of carboxylic acids is 1. The summed E-state index contributed by atoms with van der Waals surface area (Å²) in [7, 11) is 0. The van der Waals surface area contributed by atoms with Crippen LogP contribution in [0, 0.1) is 11.3 Å². The lowest BCUT2D eigenvalue weighted by molar-refractivity contribution is -0.149. The molecule has 2 aliphatic rings. The van der Waals surface area contributed by atoms with Crippen LogP contribution in [0.2, 0.25) is 0 Å². The molecule has 0 heterocycles. The van der Waals surface area contributed by atoms with Gasteiger partial charge in [-0.3, -0.25) is 4.79 Å². The van der Waals surface area contributed by atoms with Crippen LogP contribution in [0.5, 0.6) is 0 Å². The normalized spacial score (nSPS) is 33.1. The summed E-state index contributed by atoms with van der Waals surface area (Å²) in [5, 5.41) is 9.07. The molecule has 1 N–H and O–H groups in total. The minimum Gasteiger partial charge on any atom is -0.481 e. The fourth-order valence-corrected chi connectivity index (χ4v) is 3.24. The van der Waals surface area contributed by atoms with Crippen molar-refractivity contribution in [2.45, 2.75) is 50.9 Å². The molecule has 1 atom stereocenters. The first kappa shape index (κ1) is 10.8. The molecule has 0 aliphatic heterocycles. The number of hydrogen-bond acceptors (Lipinski definition) is 1. The average Bonchev–Trinajstić information content (AvgIpc) is 2.55. The summed E-state index contributed by atoms with van der Waals surface area (Å²) in [6, 6.07) is 0. The van der Waals surface area contributed by atoms with E-state index in [1.54, 1.807) is 0 Å². The van der Waals surface area contributed by atoms with Gasteiger partial charge in [0.2, 0.25) is 5.92 Å². The lowest BCUT2D eigenvalue weighted by Gasteiger charge is -2.40. The Hall–Kier alpha value is -0.670. The molecule has 0 bridgehead atoms. The van der Waals surface area contributed by atoms with E-state index < -0.39 is 11.9 Å². The van der Waals surface area contributed by atoms with Crippen LogP contribution in [0.15, 0.2) is 0 Å². The number of halogens is 2. The molecule has 0 aromatic heterocycles. The van der Waals surface area contributed by atoms with Crippen LogP contribution in [-0.4, -0.2) is 17.0 Å². The largest absolute Gasteiger partial charge is 0.481 e. The van der Waals surface area contributed by atoms with Crippen molar-refractivity contribution in [2.75, 3.05) is 0 Å². The highest BCUT2D eigenvalue weighted by molar-refractivity contribution is 5.71. The van der Waals surface area contributed by atoms with Gasteiger partial charge < -0.3 is 5.11 Å².